The number of rotatable bonds is 8. The van der Waals surface area contributed by atoms with Gasteiger partial charge in [0.15, 0.2) is 0 Å². The number of hydrogen-bond acceptors (Lipinski definition) is 7. The first kappa shape index (κ1) is 23.9. The molecule has 3 rings (SSSR count). The fourth-order valence-corrected chi connectivity index (χ4v) is 4.81. The third kappa shape index (κ3) is 5.75. The number of carbonyl (C=O) groups excluding carboxylic acids is 3. The van der Waals surface area contributed by atoms with Crippen LogP contribution in [0.2, 0.25) is 0 Å². The van der Waals surface area contributed by atoms with Crippen molar-refractivity contribution in [2.24, 2.45) is 5.92 Å². The minimum absolute atomic E-state index is 0.109. The molecule has 1 aliphatic rings. The van der Waals surface area contributed by atoms with E-state index in [1.165, 1.54) is 11.3 Å². The molecular formula is C24H30N2O5S. The van der Waals surface area contributed by atoms with E-state index in [9.17, 15) is 14.4 Å². The van der Waals surface area contributed by atoms with Crippen molar-refractivity contribution in [1.82, 2.24) is 4.90 Å². The summed E-state index contributed by atoms with van der Waals surface area (Å²) in [4.78, 5) is 40.4. The van der Waals surface area contributed by atoms with Crippen LogP contribution in [0.5, 0.6) is 0 Å². The molecule has 0 radical (unpaired) electrons. The maximum Gasteiger partial charge on any atom is 0.341 e. The van der Waals surface area contributed by atoms with Crippen molar-refractivity contribution in [3.63, 3.8) is 0 Å². The molecule has 172 valence electrons. The van der Waals surface area contributed by atoms with Crippen LogP contribution in [0.1, 0.15) is 44.0 Å². The Morgan fingerprint density at radius 2 is 1.75 bits per heavy atom. The standard InChI is InChI=1S/C24H30N2O5S/c1-4-30-23(28)18-11-13-26(14-12-18)16(3)21(27)25-22-19(24(29)31-5-2)15-20(32-22)17-9-7-6-8-10-17/h6-10,15-16,18H,4-5,11-14H2,1-3H3,(H,25,27). The fraction of sp³-hybridized carbons (Fsp3) is 0.458. The van der Waals surface area contributed by atoms with Gasteiger partial charge in [-0.25, -0.2) is 4.79 Å². The summed E-state index contributed by atoms with van der Waals surface area (Å²) in [5.41, 5.74) is 1.33. The van der Waals surface area contributed by atoms with Crippen LogP contribution in [-0.4, -0.2) is 55.1 Å². The Morgan fingerprint density at radius 3 is 2.38 bits per heavy atom. The molecule has 0 spiro atoms. The highest BCUT2D eigenvalue weighted by molar-refractivity contribution is 7.20. The predicted octanol–water partition coefficient (Wildman–Crippen LogP) is 4.19. The Hall–Kier alpha value is -2.71. The molecule has 1 amide bonds. The summed E-state index contributed by atoms with van der Waals surface area (Å²) in [6, 6.07) is 11.1. The van der Waals surface area contributed by atoms with Crippen molar-refractivity contribution >= 4 is 34.2 Å². The van der Waals surface area contributed by atoms with Crippen molar-refractivity contribution in [3.05, 3.63) is 42.0 Å². The fourth-order valence-electron chi connectivity index (χ4n) is 3.75. The second-order valence-corrected chi connectivity index (χ2v) is 8.72. The van der Waals surface area contributed by atoms with Crippen LogP contribution in [0, 0.1) is 5.92 Å². The molecule has 0 bridgehead atoms. The lowest BCUT2D eigenvalue weighted by atomic mass is 9.96. The number of piperidine rings is 1. The number of esters is 2. The van der Waals surface area contributed by atoms with Gasteiger partial charge in [-0.05, 0) is 58.3 Å². The maximum atomic E-state index is 13.0. The molecule has 1 saturated heterocycles. The lowest BCUT2D eigenvalue weighted by Gasteiger charge is -2.34. The molecule has 32 heavy (non-hydrogen) atoms. The van der Waals surface area contributed by atoms with Gasteiger partial charge in [0.05, 0.1) is 30.7 Å². The van der Waals surface area contributed by atoms with E-state index in [4.69, 9.17) is 9.47 Å². The average molecular weight is 459 g/mol. The van der Waals surface area contributed by atoms with E-state index in [1.807, 2.05) is 37.3 Å². The first-order valence-electron chi connectivity index (χ1n) is 11.0. The third-order valence-electron chi connectivity index (χ3n) is 5.60. The molecular weight excluding hydrogens is 428 g/mol. The van der Waals surface area contributed by atoms with Gasteiger partial charge in [-0.3, -0.25) is 14.5 Å². The number of amides is 1. The highest BCUT2D eigenvalue weighted by Crippen LogP contribution is 2.36. The molecule has 1 aromatic carbocycles. The van der Waals surface area contributed by atoms with Gasteiger partial charge in [0.1, 0.15) is 5.00 Å². The first-order chi connectivity index (χ1) is 15.4. The zero-order chi connectivity index (χ0) is 23.1. The third-order valence-corrected chi connectivity index (χ3v) is 6.70. The van der Waals surface area contributed by atoms with E-state index in [-0.39, 0.29) is 24.4 Å². The normalized spacial score (nSPS) is 15.7. The SMILES string of the molecule is CCOC(=O)c1cc(-c2ccccc2)sc1NC(=O)C(C)N1CCC(C(=O)OCC)CC1. The Labute approximate surface area is 192 Å². The van der Waals surface area contributed by atoms with E-state index >= 15 is 0 Å². The summed E-state index contributed by atoms with van der Waals surface area (Å²) in [6.45, 7) is 7.32. The van der Waals surface area contributed by atoms with Crippen molar-refractivity contribution in [1.29, 1.82) is 0 Å². The van der Waals surface area contributed by atoms with Crippen molar-refractivity contribution in [3.8, 4) is 10.4 Å². The first-order valence-corrected chi connectivity index (χ1v) is 11.8. The summed E-state index contributed by atoms with van der Waals surface area (Å²) in [5.74, 6) is -0.909. The number of benzene rings is 1. The van der Waals surface area contributed by atoms with Crippen LogP contribution in [0.25, 0.3) is 10.4 Å². The smallest absolute Gasteiger partial charge is 0.341 e. The van der Waals surface area contributed by atoms with Crippen LogP contribution in [0.15, 0.2) is 36.4 Å². The Balaban J connectivity index is 1.70. The van der Waals surface area contributed by atoms with Crippen LogP contribution in [0.3, 0.4) is 0 Å². The number of carbonyl (C=O) groups is 3. The molecule has 1 N–H and O–H groups in total. The maximum absolute atomic E-state index is 13.0. The van der Waals surface area contributed by atoms with Gasteiger partial charge >= 0.3 is 11.9 Å². The molecule has 8 heteroatoms. The highest BCUT2D eigenvalue weighted by Gasteiger charge is 2.31. The largest absolute Gasteiger partial charge is 0.466 e. The van der Waals surface area contributed by atoms with Gasteiger partial charge in [-0.1, -0.05) is 30.3 Å². The minimum atomic E-state index is -0.455. The molecule has 1 unspecified atom stereocenters. The van der Waals surface area contributed by atoms with Crippen molar-refractivity contribution < 1.29 is 23.9 Å². The van der Waals surface area contributed by atoms with Gasteiger partial charge in [-0.2, -0.15) is 0 Å². The second kappa shape index (κ2) is 11.2. The second-order valence-electron chi connectivity index (χ2n) is 7.67. The van der Waals surface area contributed by atoms with Crippen molar-refractivity contribution in [2.75, 3.05) is 31.6 Å². The molecule has 7 nitrogen and oxygen atoms in total. The van der Waals surface area contributed by atoms with E-state index in [2.05, 4.69) is 10.2 Å². The number of hydrogen-bond donors (Lipinski definition) is 1. The van der Waals surface area contributed by atoms with E-state index in [0.29, 0.717) is 43.1 Å². The zero-order valence-electron chi connectivity index (χ0n) is 18.8. The molecule has 0 saturated carbocycles. The Bertz CT molecular complexity index is 935. The van der Waals surface area contributed by atoms with Gasteiger partial charge in [0.25, 0.3) is 0 Å². The van der Waals surface area contributed by atoms with Gasteiger partial charge in [0.2, 0.25) is 5.91 Å². The number of nitrogens with zero attached hydrogens (tertiary/aromatic N) is 1. The van der Waals surface area contributed by atoms with Crippen LogP contribution in [-0.2, 0) is 19.1 Å². The quantitative estimate of drug-likeness (QED) is 0.597. The molecule has 1 aromatic heterocycles. The number of likely N-dealkylation sites (tertiary alicyclic amines) is 1. The van der Waals surface area contributed by atoms with Gasteiger partial charge in [0, 0.05) is 4.88 Å². The van der Waals surface area contributed by atoms with Gasteiger partial charge < -0.3 is 14.8 Å². The number of thiophene rings is 1. The highest BCUT2D eigenvalue weighted by atomic mass is 32.1. The Kier molecular flexibility index (Phi) is 8.41. The Morgan fingerprint density at radius 1 is 1.09 bits per heavy atom. The topological polar surface area (TPSA) is 84.9 Å². The van der Waals surface area contributed by atoms with E-state index in [1.54, 1.807) is 19.9 Å². The van der Waals surface area contributed by atoms with Crippen LogP contribution < -0.4 is 5.32 Å². The lowest BCUT2D eigenvalue weighted by Crippen LogP contribution is -2.47. The van der Waals surface area contributed by atoms with Gasteiger partial charge in [-0.15, -0.1) is 11.3 Å². The molecule has 0 aliphatic carbocycles. The summed E-state index contributed by atoms with van der Waals surface area (Å²) >= 11 is 1.36. The summed E-state index contributed by atoms with van der Waals surface area (Å²) in [7, 11) is 0. The van der Waals surface area contributed by atoms with Crippen molar-refractivity contribution in [2.45, 2.75) is 39.7 Å². The van der Waals surface area contributed by atoms with Crippen LogP contribution in [0.4, 0.5) is 5.00 Å². The summed E-state index contributed by atoms with van der Waals surface area (Å²) in [6.07, 6.45) is 1.34. The average Bonchev–Trinajstić information content (AvgIpc) is 3.23. The zero-order valence-corrected chi connectivity index (χ0v) is 19.6. The number of ether oxygens (including phenoxy) is 2. The molecule has 2 aromatic rings. The lowest BCUT2D eigenvalue weighted by molar-refractivity contribution is -0.149. The summed E-state index contributed by atoms with van der Waals surface area (Å²) < 4.78 is 10.3. The summed E-state index contributed by atoms with van der Waals surface area (Å²) in [5, 5.41) is 3.42. The van der Waals surface area contributed by atoms with Crippen LogP contribution >= 0.6 is 11.3 Å². The van der Waals surface area contributed by atoms with E-state index < -0.39 is 12.0 Å². The minimum Gasteiger partial charge on any atom is -0.466 e. The monoisotopic (exact) mass is 458 g/mol. The number of anilines is 1. The predicted molar refractivity (Wildman–Crippen MR) is 125 cm³/mol. The molecule has 1 fully saturated rings. The molecule has 2 heterocycles. The number of nitrogens with one attached hydrogen (secondary N) is 1. The molecule has 1 atom stereocenters. The molecule has 1 aliphatic heterocycles. The van der Waals surface area contributed by atoms with E-state index in [0.717, 1.165) is 10.4 Å².